The zero-order valence-corrected chi connectivity index (χ0v) is 11.5. The van der Waals surface area contributed by atoms with Gasteiger partial charge in [-0.05, 0) is 11.8 Å². The quantitative estimate of drug-likeness (QED) is 0.901. The van der Waals surface area contributed by atoms with Gasteiger partial charge in [0.2, 0.25) is 5.69 Å². The number of rotatable bonds is 5. The van der Waals surface area contributed by atoms with Gasteiger partial charge in [0.25, 0.3) is 0 Å². The molecule has 0 saturated carbocycles. The molecular weight excluding hydrogens is 311 g/mol. The number of thioether (sulfide) groups is 1. The first-order valence-electron chi connectivity index (χ1n) is 5.65. The molecule has 114 valence electrons. The molecule has 21 heavy (non-hydrogen) atoms. The Morgan fingerprint density at radius 3 is 2.71 bits per heavy atom. The van der Waals surface area contributed by atoms with Crippen LogP contribution in [-0.2, 0) is 13.6 Å². The van der Waals surface area contributed by atoms with E-state index in [-0.39, 0.29) is 41.3 Å². The first-order chi connectivity index (χ1) is 9.79. The summed E-state index contributed by atoms with van der Waals surface area (Å²) in [6, 6.07) is 0. The van der Waals surface area contributed by atoms with Crippen molar-refractivity contribution in [3.63, 3.8) is 0 Å². The summed E-state index contributed by atoms with van der Waals surface area (Å²) < 4.78 is 39.1. The molecule has 2 aromatic rings. The van der Waals surface area contributed by atoms with Crippen LogP contribution < -0.4 is 0 Å². The van der Waals surface area contributed by atoms with Gasteiger partial charge in [-0.25, -0.2) is 14.5 Å². The van der Waals surface area contributed by atoms with Gasteiger partial charge in [0.05, 0.1) is 6.54 Å². The van der Waals surface area contributed by atoms with E-state index in [0.717, 1.165) is 4.68 Å². The molecule has 0 aliphatic heterocycles. The number of carbonyl (C=O) groups is 1. The maximum atomic E-state index is 12.1. The summed E-state index contributed by atoms with van der Waals surface area (Å²) in [5.41, 5.74) is -4.61. The molecule has 0 unspecified atom stereocenters. The number of imidazole rings is 1. The number of aryl methyl sites for hydroxylation is 2. The van der Waals surface area contributed by atoms with E-state index in [0.29, 0.717) is 0 Å². The Morgan fingerprint density at radius 1 is 1.48 bits per heavy atom. The molecule has 2 rings (SSSR count). The number of carboxylic acids is 1. The Labute approximate surface area is 120 Å². The third-order valence-electron chi connectivity index (χ3n) is 2.54. The summed E-state index contributed by atoms with van der Waals surface area (Å²) in [5, 5.41) is 16.2. The van der Waals surface area contributed by atoms with E-state index in [1.807, 2.05) is 0 Å². The SMILES string of the molecule is Cn1ccnc1-c1c(C(=O)O)nnn1CCSC(F)(F)F. The topological polar surface area (TPSA) is 85.8 Å². The van der Waals surface area contributed by atoms with Crippen LogP contribution in [0.2, 0.25) is 0 Å². The Hall–Kier alpha value is -2.04. The summed E-state index contributed by atoms with van der Waals surface area (Å²) >= 11 is -0.207. The van der Waals surface area contributed by atoms with E-state index >= 15 is 0 Å². The van der Waals surface area contributed by atoms with Gasteiger partial charge in [-0.15, -0.1) is 5.10 Å². The first-order valence-corrected chi connectivity index (χ1v) is 6.63. The molecule has 0 saturated heterocycles. The fraction of sp³-hybridized carbons (Fsp3) is 0.400. The molecular formula is C10H10F3N5O2S. The van der Waals surface area contributed by atoms with Gasteiger partial charge >= 0.3 is 11.5 Å². The highest BCUT2D eigenvalue weighted by Gasteiger charge is 2.29. The predicted octanol–water partition coefficient (Wildman–Crippen LogP) is 1.63. The minimum absolute atomic E-state index is 0.0813. The lowest BCUT2D eigenvalue weighted by molar-refractivity contribution is -0.0328. The fourth-order valence-corrected chi connectivity index (χ4v) is 2.17. The largest absolute Gasteiger partial charge is 0.476 e. The van der Waals surface area contributed by atoms with E-state index < -0.39 is 11.5 Å². The van der Waals surface area contributed by atoms with E-state index in [2.05, 4.69) is 15.3 Å². The number of aromatic carboxylic acids is 1. The minimum atomic E-state index is -4.35. The minimum Gasteiger partial charge on any atom is -0.476 e. The van der Waals surface area contributed by atoms with Crippen molar-refractivity contribution in [2.75, 3.05) is 5.75 Å². The van der Waals surface area contributed by atoms with Gasteiger partial charge < -0.3 is 9.67 Å². The molecule has 2 heterocycles. The summed E-state index contributed by atoms with van der Waals surface area (Å²) in [5.74, 6) is -1.35. The number of nitrogens with zero attached hydrogens (tertiary/aromatic N) is 5. The molecule has 7 nitrogen and oxygen atoms in total. The number of alkyl halides is 3. The van der Waals surface area contributed by atoms with Crippen molar-refractivity contribution in [3.8, 4) is 11.5 Å². The second kappa shape index (κ2) is 5.76. The van der Waals surface area contributed by atoms with Gasteiger partial charge in [0, 0.05) is 25.2 Å². The van der Waals surface area contributed by atoms with Gasteiger partial charge in [-0.1, -0.05) is 5.21 Å². The smallest absolute Gasteiger partial charge is 0.441 e. The average Bonchev–Trinajstić information content (AvgIpc) is 2.93. The molecule has 1 N–H and O–H groups in total. The Balaban J connectivity index is 2.30. The highest BCUT2D eigenvalue weighted by atomic mass is 32.2. The van der Waals surface area contributed by atoms with E-state index in [1.54, 1.807) is 17.8 Å². The molecule has 0 aromatic carbocycles. The highest BCUT2D eigenvalue weighted by molar-refractivity contribution is 8.00. The highest BCUT2D eigenvalue weighted by Crippen LogP contribution is 2.30. The number of carboxylic acid groups (broad SMARTS) is 1. The third kappa shape index (κ3) is 3.54. The molecule has 0 radical (unpaired) electrons. The first kappa shape index (κ1) is 15.4. The monoisotopic (exact) mass is 321 g/mol. The lowest BCUT2D eigenvalue weighted by atomic mass is 10.3. The summed E-state index contributed by atoms with van der Waals surface area (Å²) in [7, 11) is 1.63. The van der Waals surface area contributed by atoms with Crippen molar-refractivity contribution < 1.29 is 23.1 Å². The fourth-order valence-electron chi connectivity index (χ4n) is 1.68. The standard InChI is InChI=1S/C10H10F3N5O2S/c1-17-3-2-14-8(17)7-6(9(19)20)15-16-18(7)4-5-21-10(11,12)13/h2-3H,4-5H2,1H3,(H,19,20). The van der Waals surface area contributed by atoms with E-state index in [4.69, 9.17) is 5.11 Å². The summed E-state index contributed by atoms with van der Waals surface area (Å²) in [4.78, 5) is 15.1. The normalized spacial score (nSPS) is 11.8. The second-order valence-corrected chi connectivity index (χ2v) is 5.13. The number of hydrogen-bond acceptors (Lipinski definition) is 5. The molecule has 0 aliphatic rings. The predicted molar refractivity (Wildman–Crippen MR) is 67.7 cm³/mol. The summed E-state index contributed by atoms with van der Waals surface area (Å²) in [6.07, 6.45) is 3.03. The molecule has 0 bridgehead atoms. The van der Waals surface area contributed by atoms with E-state index in [1.165, 1.54) is 6.20 Å². The maximum absolute atomic E-state index is 12.1. The van der Waals surface area contributed by atoms with E-state index in [9.17, 15) is 18.0 Å². The van der Waals surface area contributed by atoms with Crippen LogP contribution in [0.3, 0.4) is 0 Å². The van der Waals surface area contributed by atoms with Gasteiger partial charge in [-0.3, -0.25) is 0 Å². The lowest BCUT2D eigenvalue weighted by Gasteiger charge is -2.08. The van der Waals surface area contributed by atoms with Crippen molar-refractivity contribution in [3.05, 3.63) is 18.1 Å². The molecule has 11 heteroatoms. The zero-order valence-electron chi connectivity index (χ0n) is 10.7. The van der Waals surface area contributed by atoms with Crippen LogP contribution >= 0.6 is 11.8 Å². The van der Waals surface area contributed by atoms with Gasteiger partial charge in [-0.2, -0.15) is 13.2 Å². The van der Waals surface area contributed by atoms with Crippen molar-refractivity contribution in [1.82, 2.24) is 24.5 Å². The lowest BCUT2D eigenvalue weighted by Crippen LogP contribution is -2.11. The van der Waals surface area contributed by atoms with Crippen molar-refractivity contribution in [2.24, 2.45) is 7.05 Å². The van der Waals surface area contributed by atoms with Crippen LogP contribution in [0, 0.1) is 0 Å². The van der Waals surface area contributed by atoms with Crippen LogP contribution in [0.25, 0.3) is 11.5 Å². The number of halogens is 3. The molecule has 0 amide bonds. The van der Waals surface area contributed by atoms with Crippen LogP contribution in [0.5, 0.6) is 0 Å². The average molecular weight is 321 g/mol. The molecule has 0 spiro atoms. The van der Waals surface area contributed by atoms with Crippen LogP contribution in [0.4, 0.5) is 13.2 Å². The van der Waals surface area contributed by atoms with Gasteiger partial charge in [0.1, 0.15) is 5.69 Å². The molecule has 2 aromatic heterocycles. The Kier molecular flexibility index (Phi) is 4.21. The third-order valence-corrected chi connectivity index (χ3v) is 3.25. The van der Waals surface area contributed by atoms with Crippen molar-refractivity contribution >= 4 is 17.7 Å². The summed E-state index contributed by atoms with van der Waals surface area (Å²) in [6.45, 7) is -0.132. The van der Waals surface area contributed by atoms with Crippen molar-refractivity contribution in [1.29, 1.82) is 0 Å². The number of aromatic nitrogens is 5. The molecule has 0 aliphatic carbocycles. The Morgan fingerprint density at radius 2 is 2.19 bits per heavy atom. The van der Waals surface area contributed by atoms with Crippen LogP contribution in [0.1, 0.15) is 10.5 Å². The van der Waals surface area contributed by atoms with Crippen LogP contribution in [-0.4, -0.2) is 46.9 Å². The molecule has 0 atom stereocenters. The molecule has 0 fully saturated rings. The van der Waals surface area contributed by atoms with Crippen LogP contribution in [0.15, 0.2) is 12.4 Å². The number of hydrogen-bond donors (Lipinski definition) is 1. The Bertz CT molecular complexity index is 651. The van der Waals surface area contributed by atoms with Crippen molar-refractivity contribution in [2.45, 2.75) is 12.1 Å². The second-order valence-electron chi connectivity index (χ2n) is 3.97. The zero-order chi connectivity index (χ0) is 15.6. The van der Waals surface area contributed by atoms with Gasteiger partial charge in [0.15, 0.2) is 5.82 Å². The maximum Gasteiger partial charge on any atom is 0.441 e.